The maximum atomic E-state index is 11.7. The molecule has 0 bridgehead atoms. The van der Waals surface area contributed by atoms with Crippen molar-refractivity contribution in [2.45, 2.75) is 19.4 Å². The molecule has 1 atom stereocenters. The number of aliphatic hydroxyl groups excluding tert-OH is 1. The van der Waals surface area contributed by atoms with Crippen LogP contribution in [0.4, 0.5) is 0 Å². The van der Waals surface area contributed by atoms with Gasteiger partial charge in [-0.15, -0.1) is 0 Å². The van der Waals surface area contributed by atoms with Crippen LogP contribution in [0.3, 0.4) is 0 Å². The summed E-state index contributed by atoms with van der Waals surface area (Å²) >= 11 is 0. The van der Waals surface area contributed by atoms with Gasteiger partial charge in [0.25, 0.3) is 0 Å². The smallest absolute Gasteiger partial charge is 0.325 e. The minimum absolute atomic E-state index is 0.213. The number of nitrogens with zero attached hydrogens (tertiary/aromatic N) is 1. The summed E-state index contributed by atoms with van der Waals surface area (Å²) in [5, 5.41) is 9.38. The molecular formula is C14H19NO4. The van der Waals surface area contributed by atoms with Crippen molar-refractivity contribution in [2.24, 2.45) is 0 Å². The van der Waals surface area contributed by atoms with E-state index in [1.54, 1.807) is 24.3 Å². The van der Waals surface area contributed by atoms with Crippen molar-refractivity contribution in [3.8, 4) is 11.5 Å². The summed E-state index contributed by atoms with van der Waals surface area (Å²) in [6.07, 6.45) is 0.398. The van der Waals surface area contributed by atoms with Gasteiger partial charge >= 0.3 is 5.97 Å². The molecule has 1 fully saturated rings. The Labute approximate surface area is 112 Å². The Morgan fingerprint density at radius 2 is 2.05 bits per heavy atom. The van der Waals surface area contributed by atoms with Crippen LogP contribution >= 0.6 is 0 Å². The number of β-amino-alcohol motifs (C(OH)–C–C–N with tert-alkyl or cyclic N) is 1. The monoisotopic (exact) mass is 265 g/mol. The van der Waals surface area contributed by atoms with E-state index in [2.05, 4.69) is 0 Å². The second-order valence-corrected chi connectivity index (χ2v) is 4.56. The van der Waals surface area contributed by atoms with Gasteiger partial charge in [0.05, 0.1) is 19.3 Å². The number of hydrogen-bond acceptors (Lipinski definition) is 5. The zero-order valence-corrected chi connectivity index (χ0v) is 11.0. The topological polar surface area (TPSA) is 59.0 Å². The lowest BCUT2D eigenvalue weighted by atomic mass is 10.3. The first-order valence-corrected chi connectivity index (χ1v) is 6.51. The van der Waals surface area contributed by atoms with Crippen molar-refractivity contribution in [1.82, 2.24) is 4.90 Å². The summed E-state index contributed by atoms with van der Waals surface area (Å²) in [5.41, 5.74) is 0. The largest absolute Gasteiger partial charge is 0.494 e. The fourth-order valence-electron chi connectivity index (χ4n) is 2.07. The Morgan fingerprint density at radius 1 is 1.37 bits per heavy atom. The first-order valence-electron chi connectivity index (χ1n) is 6.51. The van der Waals surface area contributed by atoms with Gasteiger partial charge in [0.15, 0.2) is 0 Å². The molecule has 0 unspecified atom stereocenters. The van der Waals surface area contributed by atoms with Crippen molar-refractivity contribution >= 4 is 5.97 Å². The molecule has 1 aromatic carbocycles. The van der Waals surface area contributed by atoms with Gasteiger partial charge in [0, 0.05) is 13.1 Å². The molecule has 0 spiro atoms. The van der Waals surface area contributed by atoms with Crippen LogP contribution in [-0.2, 0) is 4.79 Å². The molecule has 0 aromatic heterocycles. The predicted octanol–water partition coefficient (Wildman–Crippen LogP) is 1.06. The molecule has 0 aliphatic carbocycles. The number of carbonyl (C=O) groups excluding carboxylic acids is 1. The van der Waals surface area contributed by atoms with Gasteiger partial charge in [-0.05, 0) is 37.6 Å². The van der Waals surface area contributed by atoms with Crippen LogP contribution in [0.2, 0.25) is 0 Å². The van der Waals surface area contributed by atoms with E-state index in [0.29, 0.717) is 18.9 Å². The number of hydrogen-bond donors (Lipinski definition) is 1. The highest BCUT2D eigenvalue weighted by molar-refractivity contribution is 5.74. The van der Waals surface area contributed by atoms with Crippen molar-refractivity contribution < 1.29 is 19.4 Å². The maximum Gasteiger partial charge on any atom is 0.325 e. The molecule has 1 aromatic rings. The maximum absolute atomic E-state index is 11.7. The van der Waals surface area contributed by atoms with Gasteiger partial charge < -0.3 is 14.6 Å². The van der Waals surface area contributed by atoms with E-state index in [-0.39, 0.29) is 18.6 Å². The molecule has 1 aliphatic heterocycles. The molecule has 1 N–H and O–H groups in total. The van der Waals surface area contributed by atoms with E-state index in [4.69, 9.17) is 9.47 Å². The molecule has 19 heavy (non-hydrogen) atoms. The summed E-state index contributed by atoms with van der Waals surface area (Å²) in [6, 6.07) is 6.96. The lowest BCUT2D eigenvalue weighted by molar-refractivity contribution is -0.135. The molecule has 5 heteroatoms. The Balaban J connectivity index is 1.81. The fraction of sp³-hybridized carbons (Fsp3) is 0.500. The normalized spacial score (nSPS) is 19.4. The number of benzene rings is 1. The van der Waals surface area contributed by atoms with Crippen LogP contribution in [0, 0.1) is 0 Å². The Hall–Kier alpha value is -1.59. The van der Waals surface area contributed by atoms with Crippen LogP contribution in [0.15, 0.2) is 24.3 Å². The van der Waals surface area contributed by atoms with Gasteiger partial charge in [-0.25, -0.2) is 0 Å². The van der Waals surface area contributed by atoms with E-state index in [9.17, 15) is 9.90 Å². The third-order valence-corrected chi connectivity index (χ3v) is 2.97. The van der Waals surface area contributed by atoms with Crippen LogP contribution < -0.4 is 9.47 Å². The first kappa shape index (κ1) is 13.8. The molecule has 1 aliphatic rings. The van der Waals surface area contributed by atoms with Crippen LogP contribution in [0.1, 0.15) is 13.3 Å². The standard InChI is InChI=1S/C14H19NO4/c1-2-18-12-3-5-13(6-4-12)19-14(17)10-15-8-7-11(16)9-15/h3-6,11,16H,2,7-10H2,1H3/t11-/m0/s1. The van der Waals surface area contributed by atoms with Gasteiger partial charge in [-0.1, -0.05) is 0 Å². The average molecular weight is 265 g/mol. The van der Waals surface area contributed by atoms with Gasteiger partial charge in [-0.3, -0.25) is 9.69 Å². The number of carbonyl (C=O) groups is 1. The lowest BCUT2D eigenvalue weighted by Crippen LogP contribution is -2.31. The van der Waals surface area contributed by atoms with Crippen LogP contribution in [-0.4, -0.2) is 48.3 Å². The molecule has 2 rings (SSSR count). The van der Waals surface area contributed by atoms with Crippen molar-refractivity contribution in [2.75, 3.05) is 26.2 Å². The molecule has 0 amide bonds. The Morgan fingerprint density at radius 3 is 2.63 bits per heavy atom. The number of likely N-dealkylation sites (tertiary alicyclic amines) is 1. The van der Waals surface area contributed by atoms with Crippen LogP contribution in [0.25, 0.3) is 0 Å². The van der Waals surface area contributed by atoms with E-state index >= 15 is 0 Å². The summed E-state index contributed by atoms with van der Waals surface area (Å²) in [6.45, 7) is 4.01. The van der Waals surface area contributed by atoms with Gasteiger partial charge in [0.1, 0.15) is 11.5 Å². The highest BCUT2D eigenvalue weighted by Crippen LogP contribution is 2.18. The van der Waals surface area contributed by atoms with E-state index in [1.807, 2.05) is 11.8 Å². The quantitative estimate of drug-likeness (QED) is 0.637. The summed E-state index contributed by atoms with van der Waals surface area (Å²) in [4.78, 5) is 13.6. The molecule has 104 valence electrons. The van der Waals surface area contributed by atoms with Crippen LogP contribution in [0.5, 0.6) is 11.5 Å². The van der Waals surface area contributed by atoms with E-state index in [1.165, 1.54) is 0 Å². The highest BCUT2D eigenvalue weighted by Gasteiger charge is 2.22. The minimum Gasteiger partial charge on any atom is -0.494 e. The third-order valence-electron chi connectivity index (χ3n) is 2.97. The van der Waals surface area contributed by atoms with Gasteiger partial charge in [-0.2, -0.15) is 0 Å². The van der Waals surface area contributed by atoms with E-state index < -0.39 is 0 Å². The molecule has 1 saturated heterocycles. The first-order chi connectivity index (χ1) is 9.17. The zero-order chi connectivity index (χ0) is 13.7. The number of rotatable bonds is 5. The van der Waals surface area contributed by atoms with Crippen molar-refractivity contribution in [3.63, 3.8) is 0 Å². The summed E-state index contributed by atoms with van der Waals surface area (Å²) in [5.74, 6) is 0.955. The highest BCUT2D eigenvalue weighted by atomic mass is 16.5. The molecule has 0 radical (unpaired) electrons. The number of aliphatic hydroxyl groups is 1. The zero-order valence-electron chi connectivity index (χ0n) is 11.0. The van der Waals surface area contributed by atoms with Gasteiger partial charge in [0.2, 0.25) is 0 Å². The molecule has 5 nitrogen and oxygen atoms in total. The summed E-state index contributed by atoms with van der Waals surface area (Å²) in [7, 11) is 0. The van der Waals surface area contributed by atoms with Crippen molar-refractivity contribution in [3.05, 3.63) is 24.3 Å². The SMILES string of the molecule is CCOc1ccc(OC(=O)CN2CC[C@H](O)C2)cc1. The number of esters is 1. The second-order valence-electron chi connectivity index (χ2n) is 4.56. The molecular weight excluding hydrogens is 246 g/mol. The van der Waals surface area contributed by atoms with E-state index in [0.717, 1.165) is 18.7 Å². The Kier molecular flexibility index (Phi) is 4.76. The lowest BCUT2D eigenvalue weighted by Gasteiger charge is -2.13. The number of ether oxygens (including phenoxy) is 2. The van der Waals surface area contributed by atoms with Crippen molar-refractivity contribution in [1.29, 1.82) is 0 Å². The second kappa shape index (κ2) is 6.54. The fourth-order valence-corrected chi connectivity index (χ4v) is 2.07. The minimum atomic E-state index is -0.321. The molecule has 0 saturated carbocycles. The Bertz CT molecular complexity index is 418. The third kappa shape index (κ3) is 4.22. The predicted molar refractivity (Wildman–Crippen MR) is 70.3 cm³/mol. The summed E-state index contributed by atoms with van der Waals surface area (Å²) < 4.78 is 10.5. The average Bonchev–Trinajstić information content (AvgIpc) is 2.77. The molecule has 1 heterocycles.